The molecule has 0 radical (unpaired) electrons. The van der Waals surface area contributed by atoms with E-state index in [2.05, 4.69) is 30.9 Å². The molecule has 1 aromatic carbocycles. The van der Waals surface area contributed by atoms with Crippen molar-refractivity contribution in [1.82, 2.24) is 4.90 Å². The van der Waals surface area contributed by atoms with Crippen LogP contribution >= 0.6 is 0 Å². The molecule has 2 unspecified atom stereocenters. The molecule has 1 rings (SSSR count). The second kappa shape index (κ2) is 8.31. The minimum absolute atomic E-state index is 0.305. The molecule has 0 saturated heterocycles. The van der Waals surface area contributed by atoms with E-state index in [9.17, 15) is 5.11 Å². The number of ether oxygens (including phenoxy) is 1. The average Bonchev–Trinajstić information content (AvgIpc) is 2.40. The predicted molar refractivity (Wildman–Crippen MR) is 79.4 cm³/mol. The zero-order valence-corrected chi connectivity index (χ0v) is 12.6. The van der Waals surface area contributed by atoms with Gasteiger partial charge in [0, 0.05) is 19.7 Å². The van der Waals surface area contributed by atoms with Crippen LogP contribution < -0.4 is 0 Å². The van der Waals surface area contributed by atoms with Gasteiger partial charge in [-0.15, -0.1) is 0 Å². The van der Waals surface area contributed by atoms with Crippen molar-refractivity contribution < 1.29 is 9.84 Å². The Balaban J connectivity index is 2.54. The number of hydrogen-bond acceptors (Lipinski definition) is 3. The van der Waals surface area contributed by atoms with E-state index in [-0.39, 0.29) is 0 Å². The van der Waals surface area contributed by atoms with Crippen molar-refractivity contribution in [2.45, 2.75) is 38.8 Å². The van der Waals surface area contributed by atoms with E-state index in [0.29, 0.717) is 19.2 Å². The van der Waals surface area contributed by atoms with Crippen molar-refractivity contribution in [2.75, 3.05) is 27.3 Å². The first-order valence-electron chi connectivity index (χ1n) is 7.04. The Morgan fingerprint density at radius 1 is 1.26 bits per heavy atom. The summed E-state index contributed by atoms with van der Waals surface area (Å²) in [5.41, 5.74) is 2.32. The number of hydrogen-bond donors (Lipinski definition) is 1. The molecule has 0 aliphatic heterocycles. The van der Waals surface area contributed by atoms with Crippen LogP contribution in [-0.4, -0.2) is 43.4 Å². The van der Waals surface area contributed by atoms with Crippen LogP contribution in [0.4, 0.5) is 0 Å². The molecular formula is C16H27NO2. The molecule has 0 amide bonds. The van der Waals surface area contributed by atoms with E-state index < -0.39 is 6.10 Å². The van der Waals surface area contributed by atoms with Crippen molar-refractivity contribution in [2.24, 2.45) is 0 Å². The largest absolute Gasteiger partial charge is 0.387 e. The summed E-state index contributed by atoms with van der Waals surface area (Å²) in [5, 5.41) is 10.2. The van der Waals surface area contributed by atoms with Crippen molar-refractivity contribution >= 4 is 0 Å². The Kier molecular flexibility index (Phi) is 7.06. The van der Waals surface area contributed by atoms with Gasteiger partial charge >= 0.3 is 0 Å². The smallest absolute Gasteiger partial charge is 0.0916 e. The first-order valence-corrected chi connectivity index (χ1v) is 7.04. The fourth-order valence-electron chi connectivity index (χ4n) is 2.12. The molecule has 1 aromatic rings. The first-order chi connectivity index (χ1) is 9.08. The van der Waals surface area contributed by atoms with Gasteiger partial charge in [-0.3, -0.25) is 4.90 Å². The summed E-state index contributed by atoms with van der Waals surface area (Å²) < 4.78 is 5.13. The van der Waals surface area contributed by atoms with Crippen molar-refractivity contribution in [3.05, 3.63) is 35.4 Å². The Bertz CT molecular complexity index is 350. The molecule has 19 heavy (non-hydrogen) atoms. The Morgan fingerprint density at radius 2 is 1.89 bits per heavy atom. The normalized spacial score (nSPS) is 14.6. The fourth-order valence-corrected chi connectivity index (χ4v) is 2.12. The van der Waals surface area contributed by atoms with Gasteiger partial charge in [0.05, 0.1) is 12.7 Å². The topological polar surface area (TPSA) is 32.7 Å². The summed E-state index contributed by atoms with van der Waals surface area (Å²) in [6.07, 6.45) is 1.81. The highest BCUT2D eigenvalue weighted by molar-refractivity contribution is 5.24. The van der Waals surface area contributed by atoms with Crippen LogP contribution in [0.5, 0.6) is 0 Å². The Labute approximate surface area is 117 Å². The van der Waals surface area contributed by atoms with Gasteiger partial charge in [-0.1, -0.05) is 37.6 Å². The third kappa shape index (κ3) is 5.31. The Hall–Kier alpha value is -0.900. The number of likely N-dealkylation sites (N-methyl/N-ethyl adjacent to an activating group) is 1. The average molecular weight is 265 g/mol. The number of rotatable bonds is 8. The Morgan fingerprint density at radius 3 is 2.42 bits per heavy atom. The number of aryl methyl sites for hydroxylation is 1. The zero-order valence-electron chi connectivity index (χ0n) is 12.6. The van der Waals surface area contributed by atoms with Crippen molar-refractivity contribution in [1.29, 1.82) is 0 Å². The fraction of sp³-hybridized carbons (Fsp3) is 0.625. The number of aliphatic hydroxyl groups excluding tert-OH is 1. The van der Waals surface area contributed by atoms with Gasteiger partial charge in [0.1, 0.15) is 0 Å². The number of nitrogens with zero attached hydrogens (tertiary/aromatic N) is 1. The molecule has 0 spiro atoms. The van der Waals surface area contributed by atoms with E-state index in [1.54, 1.807) is 7.11 Å². The van der Waals surface area contributed by atoms with Gasteiger partial charge in [-0.2, -0.15) is 0 Å². The van der Waals surface area contributed by atoms with Crippen LogP contribution in [0.3, 0.4) is 0 Å². The van der Waals surface area contributed by atoms with Gasteiger partial charge < -0.3 is 9.84 Å². The lowest BCUT2D eigenvalue weighted by Gasteiger charge is -2.26. The molecule has 1 N–H and O–H groups in total. The summed E-state index contributed by atoms with van der Waals surface area (Å²) in [6, 6.07) is 8.59. The predicted octanol–water partition coefficient (Wildman–Crippen LogP) is 2.64. The van der Waals surface area contributed by atoms with E-state index >= 15 is 0 Å². The SMILES string of the molecule is CCCc1ccc(C(O)CN(C)C(C)COC)cc1. The van der Waals surface area contributed by atoms with Crippen molar-refractivity contribution in [3.63, 3.8) is 0 Å². The highest BCUT2D eigenvalue weighted by Gasteiger charge is 2.15. The number of methoxy groups -OCH3 is 1. The summed E-state index contributed by atoms with van der Waals surface area (Å²) >= 11 is 0. The third-order valence-electron chi connectivity index (χ3n) is 3.52. The first kappa shape index (κ1) is 16.2. The van der Waals surface area contributed by atoms with Gasteiger partial charge in [-0.25, -0.2) is 0 Å². The summed E-state index contributed by atoms with van der Waals surface area (Å²) in [4.78, 5) is 2.12. The van der Waals surface area contributed by atoms with Gasteiger partial charge in [0.25, 0.3) is 0 Å². The maximum Gasteiger partial charge on any atom is 0.0916 e. The monoisotopic (exact) mass is 265 g/mol. The second-order valence-corrected chi connectivity index (χ2v) is 5.25. The molecule has 0 aliphatic carbocycles. The highest BCUT2D eigenvalue weighted by atomic mass is 16.5. The molecule has 0 heterocycles. The number of benzene rings is 1. The van der Waals surface area contributed by atoms with Crippen LogP contribution in [0.1, 0.15) is 37.5 Å². The molecule has 0 aliphatic rings. The van der Waals surface area contributed by atoms with E-state index in [1.165, 1.54) is 5.56 Å². The summed E-state index contributed by atoms with van der Waals surface area (Å²) in [6.45, 7) is 5.58. The minimum atomic E-state index is -0.444. The molecule has 2 atom stereocenters. The van der Waals surface area contributed by atoms with Crippen LogP contribution in [-0.2, 0) is 11.2 Å². The lowest BCUT2D eigenvalue weighted by Crippen LogP contribution is -2.35. The lowest BCUT2D eigenvalue weighted by molar-refractivity contribution is 0.0709. The number of aliphatic hydroxyl groups is 1. The molecule has 0 bridgehead atoms. The molecular weight excluding hydrogens is 238 g/mol. The zero-order chi connectivity index (χ0) is 14.3. The van der Waals surface area contributed by atoms with Gasteiger partial charge in [0.2, 0.25) is 0 Å². The van der Waals surface area contributed by atoms with Gasteiger partial charge in [0.15, 0.2) is 0 Å². The quantitative estimate of drug-likeness (QED) is 0.784. The summed E-state index contributed by atoms with van der Waals surface area (Å²) in [5.74, 6) is 0. The lowest BCUT2D eigenvalue weighted by atomic mass is 10.0. The van der Waals surface area contributed by atoms with Crippen LogP contribution in [0.15, 0.2) is 24.3 Å². The molecule has 0 fully saturated rings. The minimum Gasteiger partial charge on any atom is -0.387 e. The summed E-state index contributed by atoms with van der Waals surface area (Å²) in [7, 11) is 3.71. The maximum absolute atomic E-state index is 10.2. The second-order valence-electron chi connectivity index (χ2n) is 5.25. The molecule has 0 saturated carbocycles. The molecule has 3 nitrogen and oxygen atoms in total. The molecule has 0 aromatic heterocycles. The maximum atomic E-state index is 10.2. The molecule has 108 valence electrons. The van der Waals surface area contributed by atoms with Crippen LogP contribution in [0, 0.1) is 0 Å². The third-order valence-corrected chi connectivity index (χ3v) is 3.52. The van der Waals surface area contributed by atoms with Gasteiger partial charge in [-0.05, 0) is 31.5 Å². The van der Waals surface area contributed by atoms with E-state index in [1.807, 2.05) is 19.2 Å². The van der Waals surface area contributed by atoms with Crippen molar-refractivity contribution in [3.8, 4) is 0 Å². The van der Waals surface area contributed by atoms with Crippen LogP contribution in [0.25, 0.3) is 0 Å². The van der Waals surface area contributed by atoms with E-state index in [0.717, 1.165) is 18.4 Å². The van der Waals surface area contributed by atoms with E-state index in [4.69, 9.17) is 4.74 Å². The highest BCUT2D eigenvalue weighted by Crippen LogP contribution is 2.16. The standard InChI is InChI=1S/C16H27NO2/c1-5-6-14-7-9-15(10-8-14)16(18)11-17(3)13(2)12-19-4/h7-10,13,16,18H,5-6,11-12H2,1-4H3. The molecule has 3 heteroatoms. The van der Waals surface area contributed by atoms with Crippen LogP contribution in [0.2, 0.25) is 0 Å².